The van der Waals surface area contributed by atoms with E-state index in [-0.39, 0.29) is 6.03 Å². The fourth-order valence-corrected chi connectivity index (χ4v) is 2.88. The summed E-state index contributed by atoms with van der Waals surface area (Å²) in [6, 6.07) is -0.163. The van der Waals surface area contributed by atoms with Crippen LogP contribution in [0, 0.1) is 11.8 Å². The number of aliphatic hydroxyl groups is 1. The predicted octanol–water partition coefficient (Wildman–Crippen LogP) is 1.81. The highest BCUT2D eigenvalue weighted by Crippen LogP contribution is 2.19. The van der Waals surface area contributed by atoms with Gasteiger partial charge in [0, 0.05) is 13.1 Å². The van der Waals surface area contributed by atoms with Gasteiger partial charge in [0.1, 0.15) is 0 Å². The summed E-state index contributed by atoms with van der Waals surface area (Å²) in [6.07, 6.45) is 3.80. The topological polar surface area (TPSA) is 64.6 Å². The highest BCUT2D eigenvalue weighted by Gasteiger charge is 2.17. The summed E-state index contributed by atoms with van der Waals surface area (Å²) in [5, 5.41) is 15.3. The van der Waals surface area contributed by atoms with Crippen molar-refractivity contribution in [2.45, 2.75) is 52.6 Å². The third-order valence-corrected chi connectivity index (χ3v) is 4.23. The second-order valence-corrected chi connectivity index (χ2v) is 6.59. The summed E-state index contributed by atoms with van der Waals surface area (Å²) in [6.45, 7) is 10.9. The second kappa shape index (κ2) is 10.0. The molecule has 1 aliphatic rings. The van der Waals surface area contributed by atoms with Gasteiger partial charge in [-0.25, -0.2) is 4.79 Å². The highest BCUT2D eigenvalue weighted by atomic mass is 16.3. The van der Waals surface area contributed by atoms with Crippen molar-refractivity contribution in [3.63, 3.8) is 0 Å². The molecule has 2 amide bonds. The Morgan fingerprint density at radius 2 is 1.95 bits per heavy atom. The maximum absolute atomic E-state index is 11.6. The molecule has 1 aliphatic heterocycles. The van der Waals surface area contributed by atoms with Crippen LogP contribution >= 0.6 is 0 Å². The molecule has 0 bridgehead atoms. The van der Waals surface area contributed by atoms with Crippen molar-refractivity contribution < 1.29 is 9.90 Å². The van der Waals surface area contributed by atoms with E-state index < -0.39 is 6.10 Å². The van der Waals surface area contributed by atoms with Crippen LogP contribution < -0.4 is 10.6 Å². The van der Waals surface area contributed by atoms with Gasteiger partial charge in [-0.05, 0) is 57.2 Å². The first kappa shape index (κ1) is 18.2. The van der Waals surface area contributed by atoms with Crippen LogP contribution in [0.5, 0.6) is 0 Å². The average molecular weight is 299 g/mol. The molecular formula is C16H33N3O2. The number of carbonyl (C=O) groups is 1. The van der Waals surface area contributed by atoms with Gasteiger partial charge < -0.3 is 20.6 Å². The standard InChI is InChI=1S/C16H33N3O2/c1-4-19-9-6-14(7-10-19)5-8-17-16(21)18-12-15(20)11-13(2)3/h13-15,20H,4-12H2,1-3H3,(H2,17,18,21). The molecule has 1 rings (SSSR count). The van der Waals surface area contributed by atoms with E-state index in [9.17, 15) is 9.90 Å². The van der Waals surface area contributed by atoms with Crippen molar-refractivity contribution in [3.05, 3.63) is 0 Å². The maximum atomic E-state index is 11.6. The molecule has 1 atom stereocenters. The Morgan fingerprint density at radius 1 is 1.29 bits per heavy atom. The fourth-order valence-electron chi connectivity index (χ4n) is 2.88. The third kappa shape index (κ3) is 8.27. The fraction of sp³-hybridized carbons (Fsp3) is 0.938. The number of rotatable bonds is 8. The zero-order valence-corrected chi connectivity index (χ0v) is 13.9. The summed E-state index contributed by atoms with van der Waals surface area (Å²) in [5.41, 5.74) is 0. The summed E-state index contributed by atoms with van der Waals surface area (Å²) in [4.78, 5) is 14.1. The van der Waals surface area contributed by atoms with Crippen molar-refractivity contribution in [1.29, 1.82) is 0 Å². The molecule has 0 radical (unpaired) electrons. The van der Waals surface area contributed by atoms with E-state index >= 15 is 0 Å². The van der Waals surface area contributed by atoms with Crippen molar-refractivity contribution in [2.24, 2.45) is 11.8 Å². The van der Waals surface area contributed by atoms with Gasteiger partial charge in [0.15, 0.2) is 0 Å². The summed E-state index contributed by atoms with van der Waals surface area (Å²) >= 11 is 0. The minimum atomic E-state index is -0.450. The lowest BCUT2D eigenvalue weighted by Crippen LogP contribution is -2.41. The number of likely N-dealkylation sites (tertiary alicyclic amines) is 1. The Kier molecular flexibility index (Phi) is 8.69. The lowest BCUT2D eigenvalue weighted by Gasteiger charge is -2.31. The Hall–Kier alpha value is -0.810. The molecule has 1 heterocycles. The predicted molar refractivity (Wildman–Crippen MR) is 86.3 cm³/mol. The SMILES string of the molecule is CCN1CCC(CCNC(=O)NCC(O)CC(C)C)CC1. The largest absolute Gasteiger partial charge is 0.391 e. The monoisotopic (exact) mass is 299 g/mol. The molecule has 0 saturated carbocycles. The molecular weight excluding hydrogens is 266 g/mol. The van der Waals surface area contributed by atoms with Crippen LogP contribution in [0.25, 0.3) is 0 Å². The second-order valence-electron chi connectivity index (χ2n) is 6.59. The number of hydrogen-bond donors (Lipinski definition) is 3. The van der Waals surface area contributed by atoms with E-state index in [1.807, 2.05) is 0 Å². The molecule has 0 aromatic rings. The first-order chi connectivity index (χ1) is 10.0. The van der Waals surface area contributed by atoms with Gasteiger partial charge in [-0.1, -0.05) is 20.8 Å². The molecule has 0 spiro atoms. The molecule has 21 heavy (non-hydrogen) atoms. The maximum Gasteiger partial charge on any atom is 0.314 e. The van der Waals surface area contributed by atoms with E-state index in [0.29, 0.717) is 12.5 Å². The molecule has 0 aromatic heterocycles. The zero-order chi connectivity index (χ0) is 15.7. The Bertz CT molecular complexity index is 289. The van der Waals surface area contributed by atoms with Gasteiger partial charge in [0.05, 0.1) is 6.10 Å². The number of nitrogens with zero attached hydrogens (tertiary/aromatic N) is 1. The Labute approximate surface area is 129 Å². The number of aliphatic hydroxyl groups excluding tert-OH is 1. The molecule has 1 saturated heterocycles. The molecule has 1 fully saturated rings. The molecule has 124 valence electrons. The van der Waals surface area contributed by atoms with Crippen LogP contribution in [-0.4, -0.2) is 54.9 Å². The van der Waals surface area contributed by atoms with Crippen molar-refractivity contribution in [3.8, 4) is 0 Å². The highest BCUT2D eigenvalue weighted by molar-refractivity contribution is 5.73. The van der Waals surface area contributed by atoms with E-state index in [0.717, 1.165) is 31.8 Å². The van der Waals surface area contributed by atoms with Crippen LogP contribution in [0.4, 0.5) is 4.79 Å². The summed E-state index contributed by atoms with van der Waals surface area (Å²) in [5.74, 6) is 1.18. The van der Waals surface area contributed by atoms with E-state index in [4.69, 9.17) is 0 Å². The van der Waals surface area contributed by atoms with Crippen LogP contribution in [0.15, 0.2) is 0 Å². The smallest absolute Gasteiger partial charge is 0.314 e. The van der Waals surface area contributed by atoms with Crippen molar-refractivity contribution >= 4 is 6.03 Å². The van der Waals surface area contributed by atoms with Crippen LogP contribution in [0.3, 0.4) is 0 Å². The molecule has 3 N–H and O–H groups in total. The summed E-state index contributed by atoms with van der Waals surface area (Å²) in [7, 11) is 0. The normalized spacial score (nSPS) is 18.7. The number of amides is 2. The molecule has 1 unspecified atom stereocenters. The molecule has 5 heteroatoms. The number of urea groups is 1. The minimum absolute atomic E-state index is 0.163. The quantitative estimate of drug-likeness (QED) is 0.640. The van der Waals surface area contributed by atoms with Gasteiger partial charge >= 0.3 is 6.03 Å². The zero-order valence-electron chi connectivity index (χ0n) is 13.9. The van der Waals surface area contributed by atoms with Crippen molar-refractivity contribution in [1.82, 2.24) is 15.5 Å². The van der Waals surface area contributed by atoms with Crippen LogP contribution in [0.2, 0.25) is 0 Å². The van der Waals surface area contributed by atoms with Gasteiger partial charge in [0.25, 0.3) is 0 Å². The number of carbonyl (C=O) groups excluding carboxylic acids is 1. The van der Waals surface area contributed by atoms with E-state index in [1.54, 1.807) is 0 Å². The first-order valence-electron chi connectivity index (χ1n) is 8.43. The van der Waals surface area contributed by atoms with Gasteiger partial charge in [-0.2, -0.15) is 0 Å². The Morgan fingerprint density at radius 3 is 2.52 bits per heavy atom. The number of piperidine rings is 1. The number of nitrogens with one attached hydrogen (secondary N) is 2. The van der Waals surface area contributed by atoms with Crippen LogP contribution in [0.1, 0.15) is 46.5 Å². The lowest BCUT2D eigenvalue weighted by molar-refractivity contribution is 0.146. The minimum Gasteiger partial charge on any atom is -0.391 e. The van der Waals surface area contributed by atoms with Gasteiger partial charge in [-0.3, -0.25) is 0 Å². The number of hydrogen-bond acceptors (Lipinski definition) is 3. The Balaban J connectivity index is 2.03. The summed E-state index contributed by atoms with van der Waals surface area (Å²) < 4.78 is 0. The van der Waals surface area contributed by atoms with Gasteiger partial charge in [0.2, 0.25) is 0 Å². The molecule has 5 nitrogen and oxygen atoms in total. The third-order valence-electron chi connectivity index (χ3n) is 4.23. The van der Waals surface area contributed by atoms with Crippen molar-refractivity contribution in [2.75, 3.05) is 32.7 Å². The molecule has 0 aromatic carbocycles. The first-order valence-corrected chi connectivity index (χ1v) is 8.43. The van der Waals surface area contributed by atoms with Gasteiger partial charge in [-0.15, -0.1) is 0 Å². The van der Waals surface area contributed by atoms with E-state index in [2.05, 4.69) is 36.3 Å². The molecule has 0 aliphatic carbocycles. The van der Waals surface area contributed by atoms with Crippen LogP contribution in [-0.2, 0) is 0 Å². The van der Waals surface area contributed by atoms with E-state index in [1.165, 1.54) is 25.9 Å². The lowest BCUT2D eigenvalue weighted by atomic mass is 9.93. The average Bonchev–Trinajstić information content (AvgIpc) is 2.45.